The van der Waals surface area contributed by atoms with Gasteiger partial charge in [0.2, 0.25) is 0 Å². The number of carbonyl (C=O) groups is 1. The van der Waals surface area contributed by atoms with Crippen LogP contribution in [0.3, 0.4) is 0 Å². The first-order valence-electron chi connectivity index (χ1n) is 11.1. The van der Waals surface area contributed by atoms with Gasteiger partial charge in [0, 0.05) is 35.0 Å². The van der Waals surface area contributed by atoms with Crippen LogP contribution in [-0.2, 0) is 12.8 Å². The summed E-state index contributed by atoms with van der Waals surface area (Å²) in [6.07, 6.45) is 5.91. The SMILES string of the molecule is CCCc1cc(C)[nH]c(=O)c1CCC(=O)c1c(C)c(-c2c(C)coc2C)n2ncccc12. The highest BCUT2D eigenvalue weighted by molar-refractivity contribution is 6.06. The largest absolute Gasteiger partial charge is 0.469 e. The summed E-state index contributed by atoms with van der Waals surface area (Å²) >= 11 is 0. The van der Waals surface area contributed by atoms with Crippen molar-refractivity contribution >= 4 is 11.3 Å². The zero-order valence-corrected chi connectivity index (χ0v) is 19.3. The number of nitrogens with one attached hydrogen (secondary N) is 1. The standard InChI is InChI=1S/C26H29N3O3/c1-6-8-19-13-16(3)28-26(31)20(19)10-11-22(30)24-17(4)25(23-15(2)14-32-18(23)5)29-21(24)9-7-12-27-29/h7,9,12-14H,6,8,10-11H2,1-5H3,(H,28,31). The highest BCUT2D eigenvalue weighted by Crippen LogP contribution is 2.36. The van der Waals surface area contributed by atoms with Crippen molar-refractivity contribution < 1.29 is 9.21 Å². The second kappa shape index (κ2) is 8.61. The van der Waals surface area contributed by atoms with E-state index >= 15 is 0 Å². The van der Waals surface area contributed by atoms with E-state index in [2.05, 4.69) is 17.0 Å². The molecule has 0 aliphatic heterocycles. The first-order chi connectivity index (χ1) is 15.3. The number of furan rings is 1. The molecule has 6 nitrogen and oxygen atoms in total. The van der Waals surface area contributed by atoms with Gasteiger partial charge in [-0.2, -0.15) is 5.10 Å². The quantitative estimate of drug-likeness (QED) is 0.404. The number of ketones is 1. The van der Waals surface area contributed by atoms with Crippen LogP contribution in [0.4, 0.5) is 0 Å². The van der Waals surface area contributed by atoms with Crippen molar-refractivity contribution in [1.82, 2.24) is 14.6 Å². The Balaban J connectivity index is 1.75. The fourth-order valence-electron chi connectivity index (χ4n) is 4.69. The van der Waals surface area contributed by atoms with Crippen LogP contribution in [0.25, 0.3) is 16.8 Å². The molecule has 4 aromatic rings. The highest BCUT2D eigenvalue weighted by atomic mass is 16.3. The van der Waals surface area contributed by atoms with Crippen molar-refractivity contribution in [2.45, 2.75) is 60.3 Å². The van der Waals surface area contributed by atoms with Crippen molar-refractivity contribution in [1.29, 1.82) is 0 Å². The molecule has 0 spiro atoms. The van der Waals surface area contributed by atoms with Gasteiger partial charge in [-0.1, -0.05) is 13.3 Å². The molecule has 0 aliphatic rings. The third-order valence-corrected chi connectivity index (χ3v) is 6.11. The topological polar surface area (TPSA) is 80.4 Å². The van der Waals surface area contributed by atoms with Crippen molar-refractivity contribution in [2.24, 2.45) is 0 Å². The molecular formula is C26H29N3O3. The van der Waals surface area contributed by atoms with Gasteiger partial charge in [-0.15, -0.1) is 0 Å². The summed E-state index contributed by atoms with van der Waals surface area (Å²) in [6.45, 7) is 9.86. The molecular weight excluding hydrogens is 402 g/mol. The summed E-state index contributed by atoms with van der Waals surface area (Å²) in [4.78, 5) is 29.0. The third-order valence-electron chi connectivity index (χ3n) is 6.11. The predicted molar refractivity (Wildman–Crippen MR) is 126 cm³/mol. The zero-order valence-electron chi connectivity index (χ0n) is 19.3. The van der Waals surface area contributed by atoms with Crippen LogP contribution >= 0.6 is 0 Å². The number of aromatic amines is 1. The van der Waals surface area contributed by atoms with Crippen LogP contribution in [0, 0.1) is 27.7 Å². The molecule has 0 fully saturated rings. The smallest absolute Gasteiger partial charge is 0.251 e. The Morgan fingerprint density at radius 3 is 2.66 bits per heavy atom. The lowest BCUT2D eigenvalue weighted by molar-refractivity contribution is 0.0984. The van der Waals surface area contributed by atoms with Gasteiger partial charge < -0.3 is 9.40 Å². The molecule has 0 saturated carbocycles. The molecule has 0 bridgehead atoms. The average molecular weight is 432 g/mol. The number of aromatic nitrogens is 3. The second-order valence-corrected chi connectivity index (χ2v) is 8.48. The maximum atomic E-state index is 13.5. The van der Waals surface area contributed by atoms with E-state index in [-0.39, 0.29) is 17.8 Å². The van der Waals surface area contributed by atoms with Gasteiger partial charge in [0.15, 0.2) is 5.78 Å². The molecule has 166 valence electrons. The number of H-pyrrole nitrogens is 1. The fourth-order valence-corrected chi connectivity index (χ4v) is 4.69. The Labute approximate surface area is 187 Å². The zero-order chi connectivity index (χ0) is 23.0. The number of nitrogens with zero attached hydrogens (tertiary/aromatic N) is 2. The van der Waals surface area contributed by atoms with Gasteiger partial charge in [-0.3, -0.25) is 9.59 Å². The van der Waals surface area contributed by atoms with E-state index < -0.39 is 0 Å². The van der Waals surface area contributed by atoms with E-state index in [1.807, 2.05) is 50.4 Å². The molecule has 0 unspecified atom stereocenters. The van der Waals surface area contributed by atoms with Gasteiger partial charge in [-0.05, 0) is 75.4 Å². The molecule has 4 heterocycles. The lowest BCUT2D eigenvalue weighted by atomic mass is 9.95. The van der Waals surface area contributed by atoms with Gasteiger partial charge >= 0.3 is 0 Å². The maximum Gasteiger partial charge on any atom is 0.251 e. The molecule has 0 atom stereocenters. The first-order valence-corrected chi connectivity index (χ1v) is 11.1. The number of rotatable bonds is 7. The molecule has 0 aromatic carbocycles. The molecule has 6 heteroatoms. The minimum absolute atomic E-state index is 0.0143. The Hall–Kier alpha value is -3.41. The van der Waals surface area contributed by atoms with Crippen molar-refractivity contribution in [3.8, 4) is 11.3 Å². The summed E-state index contributed by atoms with van der Waals surface area (Å²) in [7, 11) is 0. The normalized spacial score (nSPS) is 11.4. The van der Waals surface area contributed by atoms with E-state index in [1.165, 1.54) is 0 Å². The summed E-state index contributed by atoms with van der Waals surface area (Å²) < 4.78 is 7.45. The van der Waals surface area contributed by atoms with Crippen LogP contribution in [0.2, 0.25) is 0 Å². The van der Waals surface area contributed by atoms with Crippen LogP contribution in [-0.4, -0.2) is 20.4 Å². The molecule has 0 aliphatic carbocycles. The number of Topliss-reactive ketones (excluding diaryl/α,β-unsaturated/α-hetero) is 1. The van der Waals surface area contributed by atoms with E-state index in [4.69, 9.17) is 4.42 Å². The number of pyridine rings is 1. The Bertz CT molecular complexity index is 1350. The number of hydrogen-bond donors (Lipinski definition) is 1. The Morgan fingerprint density at radius 1 is 1.19 bits per heavy atom. The molecule has 0 amide bonds. The number of fused-ring (bicyclic) bond motifs is 1. The van der Waals surface area contributed by atoms with Crippen LogP contribution < -0.4 is 5.56 Å². The van der Waals surface area contributed by atoms with Gasteiger partial charge in [-0.25, -0.2) is 4.52 Å². The summed E-state index contributed by atoms with van der Waals surface area (Å²) in [5, 5.41) is 4.53. The molecule has 4 rings (SSSR count). The van der Waals surface area contributed by atoms with Crippen LogP contribution in [0.1, 0.15) is 63.8 Å². The molecule has 1 N–H and O–H groups in total. The molecule has 0 radical (unpaired) electrons. The summed E-state index contributed by atoms with van der Waals surface area (Å²) in [5.74, 6) is 0.811. The van der Waals surface area contributed by atoms with E-state index in [1.54, 1.807) is 12.5 Å². The second-order valence-electron chi connectivity index (χ2n) is 8.48. The molecule has 32 heavy (non-hydrogen) atoms. The fraction of sp³-hybridized carbons (Fsp3) is 0.346. The van der Waals surface area contributed by atoms with Crippen molar-refractivity contribution in [3.63, 3.8) is 0 Å². The number of carbonyl (C=O) groups excluding carboxylic acids is 1. The minimum Gasteiger partial charge on any atom is -0.469 e. The highest BCUT2D eigenvalue weighted by Gasteiger charge is 2.25. The van der Waals surface area contributed by atoms with Crippen molar-refractivity contribution in [2.75, 3.05) is 0 Å². The Kier molecular flexibility index (Phi) is 5.87. The lowest BCUT2D eigenvalue weighted by Crippen LogP contribution is -2.18. The van der Waals surface area contributed by atoms with Gasteiger partial charge in [0.1, 0.15) is 5.76 Å². The lowest BCUT2D eigenvalue weighted by Gasteiger charge is -2.09. The van der Waals surface area contributed by atoms with Crippen LogP contribution in [0.5, 0.6) is 0 Å². The van der Waals surface area contributed by atoms with E-state index in [9.17, 15) is 9.59 Å². The van der Waals surface area contributed by atoms with Crippen LogP contribution in [0.15, 0.2) is 39.9 Å². The maximum absolute atomic E-state index is 13.5. The first kappa shape index (κ1) is 21.8. The third kappa shape index (κ3) is 3.70. The average Bonchev–Trinajstić information content (AvgIpc) is 3.22. The number of aryl methyl sites for hydroxylation is 4. The van der Waals surface area contributed by atoms with Crippen molar-refractivity contribution in [3.05, 3.63) is 80.3 Å². The molecule has 0 saturated heterocycles. The summed E-state index contributed by atoms with van der Waals surface area (Å²) in [5.41, 5.74) is 7.68. The van der Waals surface area contributed by atoms with Gasteiger partial charge in [0.25, 0.3) is 5.56 Å². The van der Waals surface area contributed by atoms with E-state index in [0.717, 1.165) is 57.8 Å². The monoisotopic (exact) mass is 431 g/mol. The van der Waals surface area contributed by atoms with Gasteiger partial charge in [0.05, 0.1) is 17.5 Å². The minimum atomic E-state index is -0.0910. The summed E-state index contributed by atoms with van der Waals surface area (Å²) in [6, 6.07) is 5.79. The molecule has 4 aromatic heterocycles. The number of hydrogen-bond acceptors (Lipinski definition) is 4. The van der Waals surface area contributed by atoms with E-state index in [0.29, 0.717) is 17.5 Å². The predicted octanol–water partition coefficient (Wildman–Crippen LogP) is 5.28. The Morgan fingerprint density at radius 2 is 1.97 bits per heavy atom.